The zero-order valence-electron chi connectivity index (χ0n) is 13.9. The smallest absolute Gasteiger partial charge is 0.129 e. The number of hydrogen-bond acceptors (Lipinski definition) is 2. The molecule has 128 valence electrons. The summed E-state index contributed by atoms with van der Waals surface area (Å²) in [6.07, 6.45) is 3.55. The summed E-state index contributed by atoms with van der Waals surface area (Å²) >= 11 is 8.00. The van der Waals surface area contributed by atoms with Crippen molar-refractivity contribution in [2.45, 2.75) is 0 Å². The van der Waals surface area contributed by atoms with E-state index in [-0.39, 0.29) is 0 Å². The molecule has 0 aliphatic heterocycles. The largest absolute Gasteiger partial charge is 0.250 e. The van der Waals surface area contributed by atoms with Gasteiger partial charge in [-0.2, -0.15) is 0 Å². The first kappa shape index (κ1) is 18.5. The molecule has 4 aromatic rings. The van der Waals surface area contributed by atoms with Gasteiger partial charge in [0.15, 0.2) is 0 Å². The van der Waals surface area contributed by atoms with E-state index in [2.05, 4.69) is 50.8 Å². The lowest BCUT2D eigenvalue weighted by Gasteiger charge is -2.00. The summed E-state index contributed by atoms with van der Waals surface area (Å²) in [5.41, 5.74) is 4.72. The fraction of sp³-hybridized carbons (Fsp3) is 0. The molecule has 0 atom stereocenters. The van der Waals surface area contributed by atoms with Gasteiger partial charge in [0.2, 0.25) is 0 Å². The normalized spacial score (nSPS) is 9.92. The Balaban J connectivity index is 0.000000151. The Morgan fingerprint density at radius 2 is 1.08 bits per heavy atom. The van der Waals surface area contributed by atoms with Gasteiger partial charge in [0.1, 0.15) is 8.85 Å². The Morgan fingerprint density at radius 1 is 0.577 bits per heavy atom. The Bertz CT molecular complexity index is 879. The fourth-order valence-electron chi connectivity index (χ4n) is 2.43. The van der Waals surface area contributed by atoms with Crippen molar-refractivity contribution in [3.05, 3.63) is 106 Å². The van der Waals surface area contributed by atoms with Gasteiger partial charge in [0, 0.05) is 12.4 Å². The minimum Gasteiger partial charge on any atom is -0.250 e. The number of rotatable bonds is 2. The maximum atomic E-state index is 5.78. The van der Waals surface area contributed by atoms with Crippen LogP contribution >= 0.6 is 34.2 Å². The molecule has 2 nitrogen and oxygen atoms in total. The summed E-state index contributed by atoms with van der Waals surface area (Å²) in [4.78, 5) is 8.08. The SMILES string of the molecule is Clc1cc(-c2ccccc2)ccn1.Ic1cc(-c2ccccc2)ccn1. The van der Waals surface area contributed by atoms with Crippen molar-refractivity contribution < 1.29 is 0 Å². The molecule has 0 saturated heterocycles. The van der Waals surface area contributed by atoms with E-state index in [1.807, 2.05) is 72.9 Å². The predicted molar refractivity (Wildman–Crippen MR) is 117 cm³/mol. The summed E-state index contributed by atoms with van der Waals surface area (Å²) in [6.45, 7) is 0. The molecule has 0 amide bonds. The van der Waals surface area contributed by atoms with E-state index in [9.17, 15) is 0 Å². The lowest BCUT2D eigenvalue weighted by Crippen LogP contribution is -1.81. The molecule has 4 heteroatoms. The molecule has 0 unspecified atom stereocenters. The molecule has 0 saturated carbocycles. The van der Waals surface area contributed by atoms with Crippen molar-refractivity contribution in [2.24, 2.45) is 0 Å². The van der Waals surface area contributed by atoms with Gasteiger partial charge >= 0.3 is 0 Å². The fourth-order valence-corrected chi connectivity index (χ4v) is 3.10. The average molecular weight is 471 g/mol. The molecule has 2 aromatic carbocycles. The van der Waals surface area contributed by atoms with Crippen LogP contribution in [0.15, 0.2) is 97.3 Å². The number of pyridine rings is 2. The molecule has 0 aliphatic rings. The topological polar surface area (TPSA) is 25.8 Å². The van der Waals surface area contributed by atoms with Gasteiger partial charge in [-0.1, -0.05) is 72.3 Å². The number of aromatic nitrogens is 2. The van der Waals surface area contributed by atoms with Crippen LogP contribution in [0.3, 0.4) is 0 Å². The Hall–Kier alpha value is -2.24. The third-order valence-electron chi connectivity index (χ3n) is 3.67. The van der Waals surface area contributed by atoms with E-state index in [1.54, 1.807) is 6.20 Å². The van der Waals surface area contributed by atoms with E-state index in [1.165, 1.54) is 11.1 Å². The monoisotopic (exact) mass is 470 g/mol. The third-order valence-corrected chi connectivity index (χ3v) is 4.46. The van der Waals surface area contributed by atoms with Crippen molar-refractivity contribution >= 4 is 34.2 Å². The van der Waals surface area contributed by atoms with Gasteiger partial charge in [0.05, 0.1) is 0 Å². The van der Waals surface area contributed by atoms with Crippen LogP contribution in [0.2, 0.25) is 5.15 Å². The van der Waals surface area contributed by atoms with Crippen molar-refractivity contribution in [3.8, 4) is 22.3 Å². The molecule has 4 rings (SSSR count). The first-order chi connectivity index (χ1) is 12.7. The molecule has 0 spiro atoms. The molecule has 0 fully saturated rings. The lowest BCUT2D eigenvalue weighted by atomic mass is 10.1. The lowest BCUT2D eigenvalue weighted by molar-refractivity contribution is 1.27. The van der Waals surface area contributed by atoms with Crippen LogP contribution in [0.1, 0.15) is 0 Å². The van der Waals surface area contributed by atoms with E-state index in [4.69, 9.17) is 11.6 Å². The highest BCUT2D eigenvalue weighted by Crippen LogP contribution is 2.20. The van der Waals surface area contributed by atoms with Gasteiger partial charge in [-0.25, -0.2) is 4.98 Å². The Morgan fingerprint density at radius 3 is 1.58 bits per heavy atom. The molecule has 0 radical (unpaired) electrons. The Kier molecular flexibility index (Phi) is 6.75. The van der Waals surface area contributed by atoms with Crippen molar-refractivity contribution in [2.75, 3.05) is 0 Å². The van der Waals surface area contributed by atoms with Gasteiger partial charge in [-0.3, -0.25) is 4.98 Å². The molecule has 2 heterocycles. The van der Waals surface area contributed by atoms with E-state index < -0.39 is 0 Å². The summed E-state index contributed by atoms with van der Waals surface area (Å²) in [7, 11) is 0. The van der Waals surface area contributed by atoms with Crippen LogP contribution in [0.4, 0.5) is 0 Å². The standard InChI is InChI=1S/C11H8ClN.C11H8IN/c2*12-11-8-10(6-7-13-11)9-4-2-1-3-5-9/h2*1-8H. The van der Waals surface area contributed by atoms with Crippen LogP contribution < -0.4 is 0 Å². The van der Waals surface area contributed by atoms with Crippen molar-refractivity contribution in [1.29, 1.82) is 0 Å². The van der Waals surface area contributed by atoms with E-state index in [0.717, 1.165) is 14.8 Å². The van der Waals surface area contributed by atoms with Gasteiger partial charge < -0.3 is 0 Å². The van der Waals surface area contributed by atoms with Crippen LogP contribution in [-0.4, -0.2) is 9.97 Å². The zero-order chi connectivity index (χ0) is 18.2. The number of nitrogens with zero attached hydrogens (tertiary/aromatic N) is 2. The highest BCUT2D eigenvalue weighted by Gasteiger charge is 1.97. The van der Waals surface area contributed by atoms with Gasteiger partial charge in [-0.05, 0) is 69.1 Å². The second-order valence-electron chi connectivity index (χ2n) is 5.47. The molecular weight excluding hydrogens is 455 g/mol. The van der Waals surface area contributed by atoms with Crippen molar-refractivity contribution in [1.82, 2.24) is 9.97 Å². The molecule has 0 bridgehead atoms. The van der Waals surface area contributed by atoms with Crippen LogP contribution in [0.25, 0.3) is 22.3 Å². The maximum absolute atomic E-state index is 5.78. The van der Waals surface area contributed by atoms with Gasteiger partial charge in [-0.15, -0.1) is 0 Å². The van der Waals surface area contributed by atoms with Gasteiger partial charge in [0.25, 0.3) is 0 Å². The minimum atomic E-state index is 0.529. The number of halogens is 2. The number of benzene rings is 2. The second-order valence-corrected chi connectivity index (χ2v) is 6.96. The second kappa shape index (κ2) is 9.46. The Labute approximate surface area is 172 Å². The van der Waals surface area contributed by atoms with E-state index >= 15 is 0 Å². The maximum Gasteiger partial charge on any atom is 0.129 e. The summed E-state index contributed by atoms with van der Waals surface area (Å²) in [5.74, 6) is 0. The van der Waals surface area contributed by atoms with E-state index in [0.29, 0.717) is 5.15 Å². The first-order valence-electron chi connectivity index (χ1n) is 8.06. The molecule has 2 aromatic heterocycles. The van der Waals surface area contributed by atoms with Crippen LogP contribution in [0, 0.1) is 3.70 Å². The first-order valence-corrected chi connectivity index (χ1v) is 9.52. The molecule has 26 heavy (non-hydrogen) atoms. The van der Waals surface area contributed by atoms with Crippen LogP contribution in [-0.2, 0) is 0 Å². The average Bonchev–Trinajstić information content (AvgIpc) is 2.70. The highest BCUT2D eigenvalue weighted by molar-refractivity contribution is 14.1. The predicted octanol–water partition coefficient (Wildman–Crippen LogP) is 6.76. The third kappa shape index (κ3) is 5.38. The molecule has 0 N–H and O–H groups in total. The summed E-state index contributed by atoms with van der Waals surface area (Å²) < 4.78 is 1.03. The highest BCUT2D eigenvalue weighted by atomic mass is 127. The number of hydrogen-bond donors (Lipinski definition) is 0. The minimum absolute atomic E-state index is 0.529. The quantitative estimate of drug-likeness (QED) is 0.239. The summed E-state index contributed by atoms with van der Waals surface area (Å²) in [5, 5.41) is 0.529. The van der Waals surface area contributed by atoms with Crippen LogP contribution in [0.5, 0.6) is 0 Å². The molecular formula is C22H16ClIN2. The zero-order valence-corrected chi connectivity index (χ0v) is 16.8. The molecule has 0 aliphatic carbocycles. The van der Waals surface area contributed by atoms with Crippen molar-refractivity contribution in [3.63, 3.8) is 0 Å². The summed E-state index contributed by atoms with van der Waals surface area (Å²) in [6, 6.07) is 28.3.